The van der Waals surface area contributed by atoms with Gasteiger partial charge in [-0.1, -0.05) is 0 Å². The summed E-state index contributed by atoms with van der Waals surface area (Å²) in [5.41, 5.74) is 1.30. The minimum atomic E-state index is 0. The fraction of sp³-hybridized carbons (Fsp3) is 0.455. The van der Waals surface area contributed by atoms with Crippen molar-refractivity contribution in [3.05, 3.63) is 24.5 Å². The number of pyridine rings is 1. The quantitative estimate of drug-likeness (QED) is 0.605. The largest absolute Gasteiger partial charge is 1.00 e. The second-order valence-corrected chi connectivity index (χ2v) is 3.81. The molecule has 0 spiro atoms. The Bertz CT molecular complexity index is 300. The lowest BCUT2D eigenvalue weighted by atomic mass is 9.98. The van der Waals surface area contributed by atoms with Crippen LogP contribution < -0.4 is 17.3 Å². The van der Waals surface area contributed by atoms with Crippen molar-refractivity contribution in [3.63, 3.8) is 0 Å². The van der Waals surface area contributed by atoms with E-state index in [9.17, 15) is 4.79 Å². The fourth-order valence-corrected chi connectivity index (χ4v) is 2.00. The maximum Gasteiger partial charge on any atom is 0.134 e. The summed E-state index contributed by atoms with van der Waals surface area (Å²) in [6.07, 6.45) is 6.79. The van der Waals surface area contributed by atoms with Gasteiger partial charge in [-0.25, -0.2) is 0 Å². The van der Waals surface area contributed by atoms with E-state index in [0.717, 1.165) is 32.2 Å². The van der Waals surface area contributed by atoms with Gasteiger partial charge in [0, 0.05) is 43.3 Å². The van der Waals surface area contributed by atoms with Crippen molar-refractivity contribution in [2.24, 2.45) is 5.92 Å². The first-order valence-electron chi connectivity index (χ1n) is 5.10. The zero-order chi connectivity index (χ0) is 9.80. The van der Waals surface area contributed by atoms with Gasteiger partial charge in [0.1, 0.15) is 12.0 Å². The Hall–Kier alpha value is -0.640. The average molecular weight is 263 g/mol. The van der Waals surface area contributed by atoms with Gasteiger partial charge in [0.25, 0.3) is 0 Å². The van der Waals surface area contributed by atoms with Crippen LogP contribution in [0.3, 0.4) is 0 Å². The van der Waals surface area contributed by atoms with Crippen LogP contribution >= 0.6 is 12.4 Å². The highest BCUT2D eigenvalue weighted by atomic mass is 35.5. The highest BCUT2D eigenvalue weighted by molar-refractivity contribution is 5.85. The van der Waals surface area contributed by atoms with Gasteiger partial charge in [-0.05, 0) is 0 Å². The highest BCUT2D eigenvalue weighted by Crippen LogP contribution is 2.08. The maximum absolute atomic E-state index is 10.6. The molecule has 0 aromatic carbocycles. The Morgan fingerprint density at radius 3 is 2.31 bits per heavy atom. The zero-order valence-corrected chi connectivity index (χ0v) is 10.5. The Labute approximate surface area is 108 Å². The monoisotopic (exact) mass is 262 g/mol. The summed E-state index contributed by atoms with van der Waals surface area (Å²) in [5, 5.41) is 0. The van der Waals surface area contributed by atoms with Crippen molar-refractivity contribution < 1.29 is 22.1 Å². The van der Waals surface area contributed by atoms with E-state index in [2.05, 4.69) is 17.1 Å². The zero-order valence-electron chi connectivity index (χ0n) is 8.93. The molecule has 0 radical (unpaired) electrons. The molecule has 1 N–H and O–H groups in total. The number of aldehydes is 1. The molecule has 5 heteroatoms. The molecule has 0 saturated carbocycles. The van der Waals surface area contributed by atoms with Crippen LogP contribution in [-0.4, -0.2) is 24.4 Å². The second-order valence-electron chi connectivity index (χ2n) is 3.81. The van der Waals surface area contributed by atoms with E-state index in [1.807, 2.05) is 12.4 Å². The third kappa shape index (κ3) is 3.74. The van der Waals surface area contributed by atoms with Gasteiger partial charge in [0.15, 0.2) is 0 Å². The molecule has 2 heterocycles. The summed E-state index contributed by atoms with van der Waals surface area (Å²) in [6, 6.07) is 4.10. The highest BCUT2D eigenvalue weighted by Gasteiger charge is 2.22. The Balaban J connectivity index is 0.00000112. The number of quaternary nitrogens is 1. The predicted octanol–water partition coefficient (Wildman–Crippen LogP) is -2.37. The number of halogens is 2. The van der Waals surface area contributed by atoms with Gasteiger partial charge in [0.05, 0.1) is 13.1 Å². The SMILES string of the molecule is Cl.O=CC1CC[NH+](c2ccncc2)CC1.[Cl-]. The molecule has 0 unspecified atom stereocenters. The topological polar surface area (TPSA) is 34.4 Å². The molecule has 1 fully saturated rings. The minimum Gasteiger partial charge on any atom is -1.00 e. The fourth-order valence-electron chi connectivity index (χ4n) is 2.00. The number of hydrogen-bond acceptors (Lipinski definition) is 2. The van der Waals surface area contributed by atoms with E-state index in [1.54, 1.807) is 0 Å². The van der Waals surface area contributed by atoms with Crippen LogP contribution in [0, 0.1) is 5.92 Å². The number of nitrogens with one attached hydrogen (secondary N) is 1. The van der Waals surface area contributed by atoms with Crippen molar-refractivity contribution in [1.82, 2.24) is 4.98 Å². The van der Waals surface area contributed by atoms with Crippen molar-refractivity contribution in [3.8, 4) is 0 Å². The van der Waals surface area contributed by atoms with E-state index in [-0.39, 0.29) is 24.8 Å². The molecule has 1 aliphatic rings. The molecular weight excluding hydrogens is 247 g/mol. The summed E-state index contributed by atoms with van der Waals surface area (Å²) in [5.74, 6) is 0.292. The number of rotatable bonds is 2. The van der Waals surface area contributed by atoms with Crippen LogP contribution in [0.5, 0.6) is 0 Å². The number of hydrogen-bond donors (Lipinski definition) is 1. The molecule has 0 amide bonds. The molecular formula is C11H16Cl2N2O. The lowest BCUT2D eigenvalue weighted by Crippen LogP contribution is -3.08. The van der Waals surface area contributed by atoms with Crippen LogP contribution in [0.15, 0.2) is 24.5 Å². The third-order valence-corrected chi connectivity index (χ3v) is 2.91. The van der Waals surface area contributed by atoms with E-state index in [4.69, 9.17) is 0 Å². The number of nitrogens with zero attached hydrogens (tertiary/aromatic N) is 1. The van der Waals surface area contributed by atoms with Gasteiger partial charge in [-0.2, -0.15) is 0 Å². The second kappa shape index (κ2) is 7.60. The molecule has 2 rings (SSSR count). The standard InChI is InChI=1S/C11H14N2O.2ClH/c14-9-10-3-7-13(8-4-10)11-1-5-12-6-2-11;;/h1-2,5-6,9-10H,3-4,7-8H2;2*1H. The predicted molar refractivity (Wildman–Crippen MR) is 60.6 cm³/mol. The maximum atomic E-state index is 10.6. The molecule has 1 aliphatic heterocycles. The van der Waals surface area contributed by atoms with Gasteiger partial charge in [0.2, 0.25) is 0 Å². The molecule has 0 atom stereocenters. The molecule has 0 bridgehead atoms. The van der Waals surface area contributed by atoms with Gasteiger partial charge in [-0.15, -0.1) is 12.4 Å². The first-order chi connectivity index (χ1) is 6.90. The van der Waals surface area contributed by atoms with Crippen LogP contribution in [0.2, 0.25) is 0 Å². The van der Waals surface area contributed by atoms with Crippen LogP contribution in [0.4, 0.5) is 5.69 Å². The van der Waals surface area contributed by atoms with Crippen LogP contribution in [0.25, 0.3) is 0 Å². The van der Waals surface area contributed by atoms with E-state index < -0.39 is 0 Å². The van der Waals surface area contributed by atoms with Crippen molar-refractivity contribution in [1.29, 1.82) is 0 Å². The van der Waals surface area contributed by atoms with E-state index in [1.165, 1.54) is 10.6 Å². The first kappa shape index (κ1) is 15.4. The Kier molecular flexibility index (Phi) is 7.30. The Morgan fingerprint density at radius 2 is 1.81 bits per heavy atom. The van der Waals surface area contributed by atoms with Gasteiger partial charge < -0.3 is 22.1 Å². The average Bonchev–Trinajstić information content (AvgIpc) is 2.30. The van der Waals surface area contributed by atoms with E-state index >= 15 is 0 Å². The lowest BCUT2D eigenvalue weighted by Gasteiger charge is -2.25. The lowest BCUT2D eigenvalue weighted by molar-refractivity contribution is -0.839. The summed E-state index contributed by atoms with van der Waals surface area (Å²) in [7, 11) is 0. The molecule has 16 heavy (non-hydrogen) atoms. The number of piperidine rings is 1. The Morgan fingerprint density at radius 1 is 1.25 bits per heavy atom. The molecule has 1 aromatic heterocycles. The number of aromatic nitrogens is 1. The number of carbonyl (C=O) groups is 1. The summed E-state index contributed by atoms with van der Waals surface area (Å²) < 4.78 is 0. The van der Waals surface area contributed by atoms with Crippen molar-refractivity contribution >= 4 is 24.4 Å². The van der Waals surface area contributed by atoms with Crippen LogP contribution in [-0.2, 0) is 4.79 Å². The summed E-state index contributed by atoms with van der Waals surface area (Å²) in [6.45, 7) is 2.13. The molecule has 1 saturated heterocycles. The van der Waals surface area contributed by atoms with Crippen molar-refractivity contribution in [2.75, 3.05) is 13.1 Å². The summed E-state index contributed by atoms with van der Waals surface area (Å²) >= 11 is 0. The third-order valence-electron chi connectivity index (χ3n) is 2.91. The first-order valence-corrected chi connectivity index (χ1v) is 5.10. The van der Waals surface area contributed by atoms with E-state index in [0.29, 0.717) is 5.92 Å². The number of carbonyl (C=O) groups excluding carboxylic acids is 1. The van der Waals surface area contributed by atoms with Crippen molar-refractivity contribution in [2.45, 2.75) is 12.8 Å². The van der Waals surface area contributed by atoms with Gasteiger partial charge in [-0.3, -0.25) is 4.98 Å². The summed E-state index contributed by atoms with van der Waals surface area (Å²) in [4.78, 5) is 16.1. The molecule has 3 nitrogen and oxygen atoms in total. The smallest absolute Gasteiger partial charge is 0.134 e. The molecule has 90 valence electrons. The normalized spacial score (nSPS) is 23.8. The molecule has 0 aliphatic carbocycles. The van der Waals surface area contributed by atoms with Gasteiger partial charge >= 0.3 is 0 Å². The molecule has 1 aromatic rings. The van der Waals surface area contributed by atoms with Crippen LogP contribution in [0.1, 0.15) is 12.8 Å². The minimum absolute atomic E-state index is 0.